The SMILES string of the molecule is CCNC(=NCC(=O)N(C)CCc1ccccn1)NCc1cc(C(C)C)no1. The third-order valence-electron chi connectivity index (χ3n) is 4.17. The van der Waals surface area contributed by atoms with Crippen LogP contribution in [0, 0.1) is 0 Å². The quantitative estimate of drug-likeness (QED) is 0.505. The van der Waals surface area contributed by atoms with E-state index < -0.39 is 0 Å². The van der Waals surface area contributed by atoms with Crippen molar-refractivity contribution in [2.24, 2.45) is 4.99 Å². The smallest absolute Gasteiger partial charge is 0.244 e. The van der Waals surface area contributed by atoms with Crippen LogP contribution in [-0.2, 0) is 17.8 Å². The van der Waals surface area contributed by atoms with Gasteiger partial charge in [0.2, 0.25) is 5.91 Å². The molecule has 0 radical (unpaired) electrons. The Labute approximate surface area is 166 Å². The van der Waals surface area contributed by atoms with Crippen LogP contribution in [0.2, 0.25) is 0 Å². The summed E-state index contributed by atoms with van der Waals surface area (Å²) in [6.45, 7) is 7.93. The summed E-state index contributed by atoms with van der Waals surface area (Å²) >= 11 is 0. The van der Waals surface area contributed by atoms with Crippen LogP contribution in [0.1, 0.15) is 43.8 Å². The molecule has 8 heteroatoms. The lowest BCUT2D eigenvalue weighted by molar-refractivity contribution is -0.128. The average molecular weight is 387 g/mol. The first kappa shape index (κ1) is 21.4. The van der Waals surface area contributed by atoms with Gasteiger partial charge in [0.25, 0.3) is 0 Å². The normalized spacial score (nSPS) is 11.5. The molecule has 0 spiro atoms. The zero-order valence-electron chi connectivity index (χ0n) is 17.1. The number of hydrogen-bond donors (Lipinski definition) is 2. The highest BCUT2D eigenvalue weighted by Crippen LogP contribution is 2.13. The Hall–Kier alpha value is -2.90. The minimum Gasteiger partial charge on any atom is -0.359 e. The van der Waals surface area contributed by atoms with Crippen LogP contribution in [0.25, 0.3) is 0 Å². The maximum Gasteiger partial charge on any atom is 0.244 e. The number of carbonyl (C=O) groups is 1. The minimum absolute atomic E-state index is 0.0464. The molecule has 28 heavy (non-hydrogen) atoms. The van der Waals surface area contributed by atoms with Gasteiger partial charge in [0, 0.05) is 44.5 Å². The molecule has 0 aromatic carbocycles. The molecular weight excluding hydrogens is 356 g/mol. The van der Waals surface area contributed by atoms with Crippen molar-refractivity contribution in [3.63, 3.8) is 0 Å². The van der Waals surface area contributed by atoms with Crippen LogP contribution in [-0.4, -0.2) is 53.6 Å². The second-order valence-corrected chi connectivity index (χ2v) is 6.81. The van der Waals surface area contributed by atoms with Crippen LogP contribution in [0.5, 0.6) is 0 Å². The molecule has 0 saturated heterocycles. The topological polar surface area (TPSA) is 95.7 Å². The van der Waals surface area contributed by atoms with Gasteiger partial charge in [0.15, 0.2) is 11.7 Å². The molecule has 2 heterocycles. The number of nitrogens with zero attached hydrogens (tertiary/aromatic N) is 4. The first-order valence-corrected chi connectivity index (χ1v) is 9.61. The van der Waals surface area contributed by atoms with Gasteiger partial charge in [-0.2, -0.15) is 0 Å². The van der Waals surface area contributed by atoms with Crippen molar-refractivity contribution in [2.75, 3.05) is 26.7 Å². The summed E-state index contributed by atoms with van der Waals surface area (Å²) in [6.07, 6.45) is 2.48. The fourth-order valence-electron chi connectivity index (χ4n) is 2.42. The Morgan fingerprint density at radius 2 is 2.14 bits per heavy atom. The van der Waals surface area contributed by atoms with Crippen molar-refractivity contribution in [1.82, 2.24) is 25.7 Å². The molecule has 2 aromatic heterocycles. The van der Waals surface area contributed by atoms with Crippen LogP contribution in [0.3, 0.4) is 0 Å². The van der Waals surface area contributed by atoms with Crippen molar-refractivity contribution < 1.29 is 9.32 Å². The van der Waals surface area contributed by atoms with Gasteiger partial charge in [-0.3, -0.25) is 9.78 Å². The Morgan fingerprint density at radius 3 is 2.79 bits per heavy atom. The van der Waals surface area contributed by atoms with Crippen LogP contribution in [0.4, 0.5) is 0 Å². The molecule has 2 N–H and O–H groups in total. The summed E-state index contributed by atoms with van der Waals surface area (Å²) in [7, 11) is 1.78. The van der Waals surface area contributed by atoms with E-state index in [2.05, 4.69) is 39.6 Å². The second kappa shape index (κ2) is 11.1. The molecule has 0 aliphatic rings. The Morgan fingerprint density at radius 1 is 1.32 bits per heavy atom. The van der Waals surface area contributed by atoms with Gasteiger partial charge in [-0.05, 0) is 25.0 Å². The summed E-state index contributed by atoms with van der Waals surface area (Å²) in [4.78, 5) is 22.7. The summed E-state index contributed by atoms with van der Waals surface area (Å²) in [5.41, 5.74) is 1.89. The van der Waals surface area contributed by atoms with Crippen molar-refractivity contribution >= 4 is 11.9 Å². The van der Waals surface area contributed by atoms with E-state index in [4.69, 9.17) is 4.52 Å². The monoisotopic (exact) mass is 386 g/mol. The number of nitrogens with one attached hydrogen (secondary N) is 2. The molecular formula is C20H30N6O2. The van der Waals surface area contributed by atoms with Gasteiger partial charge in [-0.25, -0.2) is 4.99 Å². The van der Waals surface area contributed by atoms with E-state index in [1.54, 1.807) is 18.1 Å². The summed E-state index contributed by atoms with van der Waals surface area (Å²) in [5, 5.41) is 10.3. The lowest BCUT2D eigenvalue weighted by Gasteiger charge is -2.16. The lowest BCUT2D eigenvalue weighted by atomic mass is 10.1. The predicted octanol–water partition coefficient (Wildman–Crippen LogP) is 1.95. The molecule has 0 unspecified atom stereocenters. The fourth-order valence-corrected chi connectivity index (χ4v) is 2.42. The number of aliphatic imine (C=N–C) groups is 1. The molecule has 2 aromatic rings. The molecule has 8 nitrogen and oxygen atoms in total. The third kappa shape index (κ3) is 7.02. The van der Waals surface area contributed by atoms with E-state index in [0.29, 0.717) is 31.5 Å². The molecule has 0 aliphatic carbocycles. The number of aromatic nitrogens is 2. The highest BCUT2D eigenvalue weighted by atomic mass is 16.5. The summed E-state index contributed by atoms with van der Waals surface area (Å²) in [5.74, 6) is 1.57. The van der Waals surface area contributed by atoms with E-state index in [-0.39, 0.29) is 12.5 Å². The fraction of sp³-hybridized carbons (Fsp3) is 0.500. The first-order valence-electron chi connectivity index (χ1n) is 9.61. The lowest BCUT2D eigenvalue weighted by Crippen LogP contribution is -2.38. The largest absolute Gasteiger partial charge is 0.359 e. The van der Waals surface area contributed by atoms with Gasteiger partial charge < -0.3 is 20.1 Å². The second-order valence-electron chi connectivity index (χ2n) is 6.81. The molecule has 0 aliphatic heterocycles. The number of carbonyl (C=O) groups excluding carboxylic acids is 1. The van der Waals surface area contributed by atoms with Gasteiger partial charge in [-0.1, -0.05) is 25.1 Å². The number of hydrogen-bond acceptors (Lipinski definition) is 5. The van der Waals surface area contributed by atoms with E-state index in [0.717, 1.165) is 23.6 Å². The highest BCUT2D eigenvalue weighted by molar-refractivity contribution is 5.84. The number of amides is 1. The number of likely N-dealkylation sites (N-methyl/N-ethyl adjacent to an activating group) is 1. The minimum atomic E-state index is -0.0464. The molecule has 0 bridgehead atoms. The molecule has 0 fully saturated rings. The Balaban J connectivity index is 1.83. The standard InChI is InChI=1S/C20H30N6O2/c1-5-21-20(23-13-17-12-18(15(2)3)25-28-17)24-14-19(27)26(4)11-9-16-8-6-7-10-22-16/h6-8,10,12,15H,5,9,11,13-14H2,1-4H3,(H2,21,23,24). The van der Waals surface area contributed by atoms with E-state index in [1.807, 2.05) is 31.2 Å². The van der Waals surface area contributed by atoms with Crippen LogP contribution < -0.4 is 10.6 Å². The summed E-state index contributed by atoms with van der Waals surface area (Å²) in [6, 6.07) is 7.71. The number of pyridine rings is 1. The molecule has 2 rings (SSSR count). The Kier molecular flexibility index (Phi) is 8.45. The molecule has 1 amide bonds. The Bertz CT molecular complexity index is 757. The highest BCUT2D eigenvalue weighted by Gasteiger charge is 2.11. The first-order chi connectivity index (χ1) is 13.5. The van der Waals surface area contributed by atoms with Crippen molar-refractivity contribution in [3.8, 4) is 0 Å². The zero-order chi connectivity index (χ0) is 20.4. The van der Waals surface area contributed by atoms with Gasteiger partial charge in [-0.15, -0.1) is 0 Å². The molecule has 0 saturated carbocycles. The summed E-state index contributed by atoms with van der Waals surface area (Å²) < 4.78 is 5.32. The predicted molar refractivity (Wildman–Crippen MR) is 109 cm³/mol. The maximum atomic E-state index is 12.3. The number of rotatable bonds is 9. The van der Waals surface area contributed by atoms with Crippen molar-refractivity contribution in [3.05, 3.63) is 47.6 Å². The zero-order valence-corrected chi connectivity index (χ0v) is 17.1. The molecule has 0 atom stereocenters. The van der Waals surface area contributed by atoms with Crippen LogP contribution >= 0.6 is 0 Å². The van der Waals surface area contributed by atoms with Crippen molar-refractivity contribution in [1.29, 1.82) is 0 Å². The van der Waals surface area contributed by atoms with Gasteiger partial charge in [0.05, 0.1) is 12.2 Å². The molecule has 152 valence electrons. The van der Waals surface area contributed by atoms with E-state index >= 15 is 0 Å². The van der Waals surface area contributed by atoms with Gasteiger partial charge >= 0.3 is 0 Å². The van der Waals surface area contributed by atoms with Crippen LogP contribution in [0.15, 0.2) is 40.0 Å². The number of guanidine groups is 1. The van der Waals surface area contributed by atoms with Crippen molar-refractivity contribution in [2.45, 2.75) is 39.7 Å². The van der Waals surface area contributed by atoms with Gasteiger partial charge in [0.1, 0.15) is 6.54 Å². The third-order valence-corrected chi connectivity index (χ3v) is 4.17. The maximum absolute atomic E-state index is 12.3. The van der Waals surface area contributed by atoms with E-state index in [1.165, 1.54) is 0 Å². The average Bonchev–Trinajstić information content (AvgIpc) is 3.18. The van der Waals surface area contributed by atoms with E-state index in [9.17, 15) is 4.79 Å².